The van der Waals surface area contributed by atoms with Crippen LogP contribution in [0, 0.1) is 5.41 Å². The topological polar surface area (TPSA) is 132 Å². The molecule has 0 spiro atoms. The summed E-state index contributed by atoms with van der Waals surface area (Å²) < 4.78 is 0. The minimum atomic E-state index is -1.06. The lowest BCUT2D eigenvalue weighted by Gasteiger charge is -2.27. The highest BCUT2D eigenvalue weighted by atomic mass is 16.4. The first-order valence-corrected chi connectivity index (χ1v) is 14.5. The summed E-state index contributed by atoms with van der Waals surface area (Å²) in [6.07, 6.45) is 3.81. The predicted molar refractivity (Wildman–Crippen MR) is 165 cm³/mol. The lowest BCUT2D eigenvalue weighted by Crippen LogP contribution is -2.35. The van der Waals surface area contributed by atoms with Gasteiger partial charge in [0.1, 0.15) is 0 Å². The molecule has 10 heteroatoms. The van der Waals surface area contributed by atoms with Gasteiger partial charge in [0.25, 0.3) is 11.8 Å². The highest BCUT2D eigenvalue weighted by Crippen LogP contribution is 2.30. The summed E-state index contributed by atoms with van der Waals surface area (Å²) in [4.78, 5) is 59.0. The Balaban J connectivity index is 1.58. The number of anilines is 2. The van der Waals surface area contributed by atoms with Crippen LogP contribution in [0.25, 0.3) is 0 Å². The second-order valence-corrected chi connectivity index (χ2v) is 11.9. The number of aromatic nitrogens is 1. The zero-order valence-electron chi connectivity index (χ0n) is 24.9. The third-order valence-corrected chi connectivity index (χ3v) is 7.14. The van der Waals surface area contributed by atoms with Crippen molar-refractivity contribution in [3.63, 3.8) is 0 Å². The van der Waals surface area contributed by atoms with E-state index in [4.69, 9.17) is 0 Å². The van der Waals surface area contributed by atoms with Crippen molar-refractivity contribution < 1.29 is 24.3 Å². The smallest absolute Gasteiger partial charge is 0.305 e. The van der Waals surface area contributed by atoms with Crippen LogP contribution in [0.3, 0.4) is 0 Å². The lowest BCUT2D eigenvalue weighted by molar-refractivity contribution is -0.137. The van der Waals surface area contributed by atoms with Crippen molar-refractivity contribution in [2.45, 2.75) is 46.1 Å². The summed E-state index contributed by atoms with van der Waals surface area (Å²) in [5.74, 6) is -1.72. The molecule has 226 valence electrons. The molecule has 2 heterocycles. The van der Waals surface area contributed by atoms with Gasteiger partial charge in [-0.3, -0.25) is 24.2 Å². The van der Waals surface area contributed by atoms with Crippen molar-refractivity contribution >= 4 is 35.1 Å². The second kappa shape index (κ2) is 14.0. The van der Waals surface area contributed by atoms with E-state index in [-0.39, 0.29) is 35.6 Å². The molecule has 43 heavy (non-hydrogen) atoms. The number of pyridine rings is 1. The molecule has 2 aromatic carbocycles. The van der Waals surface area contributed by atoms with E-state index in [1.807, 2.05) is 56.0 Å². The maximum absolute atomic E-state index is 13.4. The highest BCUT2D eigenvalue weighted by molar-refractivity contribution is 6.00. The summed E-state index contributed by atoms with van der Waals surface area (Å²) in [7, 11) is 0. The Hall–Kier alpha value is -4.73. The molecule has 4 rings (SSSR count). The van der Waals surface area contributed by atoms with Crippen molar-refractivity contribution in [2.24, 2.45) is 5.41 Å². The molecular formula is C33H39N5O5. The lowest BCUT2D eigenvalue weighted by atomic mass is 9.92. The van der Waals surface area contributed by atoms with Crippen molar-refractivity contribution in [1.82, 2.24) is 15.2 Å². The predicted octanol–water partition coefficient (Wildman–Crippen LogP) is 4.75. The molecular weight excluding hydrogens is 546 g/mol. The number of benzene rings is 2. The molecule has 0 bridgehead atoms. The average Bonchev–Trinajstić information content (AvgIpc) is 3.22. The fraction of sp³-hybridized carbons (Fsp3) is 0.364. The number of hydrogen-bond donors (Lipinski definition) is 3. The van der Waals surface area contributed by atoms with Crippen LogP contribution in [0.2, 0.25) is 0 Å². The number of carbonyl (C=O) groups is 4. The normalized spacial score (nSPS) is 14.4. The Bertz CT molecular complexity index is 1440. The summed E-state index contributed by atoms with van der Waals surface area (Å²) >= 11 is 0. The van der Waals surface area contributed by atoms with Gasteiger partial charge < -0.3 is 25.5 Å². The number of nitrogens with one attached hydrogen (secondary N) is 2. The van der Waals surface area contributed by atoms with Gasteiger partial charge in [0.05, 0.1) is 23.8 Å². The molecule has 1 aromatic heterocycles. The molecule has 3 aromatic rings. The molecule has 1 fully saturated rings. The third-order valence-electron chi connectivity index (χ3n) is 7.14. The van der Waals surface area contributed by atoms with Gasteiger partial charge in [-0.2, -0.15) is 0 Å². The van der Waals surface area contributed by atoms with Gasteiger partial charge in [-0.25, -0.2) is 0 Å². The number of carboxylic acid groups (broad SMARTS) is 1. The Morgan fingerprint density at radius 1 is 0.930 bits per heavy atom. The molecule has 10 nitrogen and oxygen atoms in total. The zero-order valence-corrected chi connectivity index (χ0v) is 24.9. The number of hydrogen-bond acceptors (Lipinski definition) is 6. The first-order chi connectivity index (χ1) is 20.5. The first-order valence-electron chi connectivity index (χ1n) is 14.5. The fourth-order valence-electron chi connectivity index (χ4n) is 5.10. The monoisotopic (exact) mass is 585 g/mol. The van der Waals surface area contributed by atoms with Gasteiger partial charge in [0.15, 0.2) is 0 Å². The SMILES string of the molecule is CC(C)(C)CC(=O)Nc1cc(C(=O)NC(CC(=O)O)c2cccnc2)ccc1N1CCCN(C(=O)c2ccccc2)CC1. The molecule has 1 aliphatic rings. The van der Waals surface area contributed by atoms with Crippen LogP contribution < -0.4 is 15.5 Å². The van der Waals surface area contributed by atoms with E-state index in [1.165, 1.54) is 6.20 Å². The number of aliphatic carboxylic acids is 1. The van der Waals surface area contributed by atoms with Crippen LogP contribution in [0.15, 0.2) is 73.1 Å². The molecule has 0 aliphatic carbocycles. The van der Waals surface area contributed by atoms with Crippen LogP contribution in [0.5, 0.6) is 0 Å². The van der Waals surface area contributed by atoms with E-state index < -0.39 is 17.9 Å². The quantitative estimate of drug-likeness (QED) is 0.330. The van der Waals surface area contributed by atoms with E-state index >= 15 is 0 Å². The first kappa shape index (κ1) is 31.2. The summed E-state index contributed by atoms with van der Waals surface area (Å²) in [6.45, 7) is 8.26. The van der Waals surface area contributed by atoms with Crippen LogP contribution in [0.4, 0.5) is 11.4 Å². The Kier molecular flexibility index (Phi) is 10.1. The Morgan fingerprint density at radius 3 is 2.37 bits per heavy atom. The molecule has 1 aliphatic heterocycles. The van der Waals surface area contributed by atoms with Crippen molar-refractivity contribution in [3.8, 4) is 0 Å². The Labute approximate surface area is 252 Å². The van der Waals surface area contributed by atoms with Crippen molar-refractivity contribution in [3.05, 3.63) is 89.7 Å². The van der Waals surface area contributed by atoms with Crippen molar-refractivity contribution in [1.29, 1.82) is 0 Å². The molecule has 1 unspecified atom stereocenters. The molecule has 0 saturated carbocycles. The third kappa shape index (κ3) is 8.88. The van der Waals surface area contributed by atoms with Gasteiger partial charge in [-0.05, 0) is 53.8 Å². The van der Waals surface area contributed by atoms with Crippen molar-refractivity contribution in [2.75, 3.05) is 36.4 Å². The zero-order chi connectivity index (χ0) is 31.0. The molecule has 1 atom stereocenters. The number of carbonyl (C=O) groups excluding carboxylic acids is 3. The maximum Gasteiger partial charge on any atom is 0.305 e. The van der Waals surface area contributed by atoms with Gasteiger partial charge in [0.2, 0.25) is 5.91 Å². The molecule has 3 N–H and O–H groups in total. The Morgan fingerprint density at radius 2 is 1.70 bits per heavy atom. The fourth-order valence-corrected chi connectivity index (χ4v) is 5.10. The summed E-state index contributed by atoms with van der Waals surface area (Å²) in [5.41, 5.74) is 2.50. The molecule has 3 amide bonds. The summed E-state index contributed by atoms with van der Waals surface area (Å²) in [6, 6.07) is 16.9. The largest absolute Gasteiger partial charge is 0.481 e. The minimum absolute atomic E-state index is 0.0160. The maximum atomic E-state index is 13.4. The van der Waals surface area contributed by atoms with Gasteiger partial charge in [0, 0.05) is 56.1 Å². The standard InChI is InChI=1S/C33H39N5O5/c1-33(2,3)21-29(39)35-27-19-24(31(42)36-26(20-30(40)41)25-11-7-14-34-22-25)12-13-28(27)37-15-8-16-38(18-17-37)32(43)23-9-5-4-6-10-23/h4-7,9-14,19,22,26H,8,15-18,20-21H2,1-3H3,(H,35,39)(H,36,42)(H,40,41). The van der Waals surface area contributed by atoms with E-state index in [2.05, 4.69) is 20.5 Å². The molecule has 0 radical (unpaired) electrons. The van der Waals surface area contributed by atoms with Gasteiger partial charge in [-0.15, -0.1) is 0 Å². The van der Waals surface area contributed by atoms with E-state index in [0.29, 0.717) is 43.0 Å². The minimum Gasteiger partial charge on any atom is -0.481 e. The molecule has 1 saturated heterocycles. The van der Waals surface area contributed by atoms with E-state index in [0.717, 1.165) is 12.1 Å². The van der Waals surface area contributed by atoms with Crippen LogP contribution >= 0.6 is 0 Å². The second-order valence-electron chi connectivity index (χ2n) is 11.9. The van der Waals surface area contributed by atoms with Crippen LogP contribution in [-0.4, -0.2) is 64.9 Å². The van der Waals surface area contributed by atoms with Gasteiger partial charge in [-0.1, -0.05) is 45.0 Å². The van der Waals surface area contributed by atoms with E-state index in [9.17, 15) is 24.3 Å². The number of carboxylic acids is 1. The van der Waals surface area contributed by atoms with Crippen LogP contribution in [0.1, 0.15) is 72.4 Å². The van der Waals surface area contributed by atoms with Gasteiger partial charge >= 0.3 is 5.97 Å². The number of rotatable bonds is 9. The average molecular weight is 586 g/mol. The number of amides is 3. The number of nitrogens with zero attached hydrogens (tertiary/aromatic N) is 3. The highest BCUT2D eigenvalue weighted by Gasteiger charge is 2.25. The van der Waals surface area contributed by atoms with Crippen LogP contribution in [-0.2, 0) is 9.59 Å². The van der Waals surface area contributed by atoms with E-state index in [1.54, 1.807) is 36.5 Å². The summed E-state index contributed by atoms with van der Waals surface area (Å²) in [5, 5.41) is 15.3.